The monoisotopic (exact) mass is 421 g/mol. The summed E-state index contributed by atoms with van der Waals surface area (Å²) in [6, 6.07) is 15.1. The Kier molecular flexibility index (Phi) is 7.48. The van der Waals surface area contributed by atoms with E-state index >= 15 is 0 Å². The van der Waals surface area contributed by atoms with E-state index in [-0.39, 0.29) is 12.5 Å². The van der Waals surface area contributed by atoms with E-state index in [9.17, 15) is 9.59 Å². The molecule has 1 amide bonds. The van der Waals surface area contributed by atoms with Crippen molar-refractivity contribution in [2.24, 2.45) is 0 Å². The normalized spacial score (nSPS) is 11.7. The van der Waals surface area contributed by atoms with Gasteiger partial charge in [-0.1, -0.05) is 55.8 Å². The molecule has 3 rings (SSSR count). The van der Waals surface area contributed by atoms with Gasteiger partial charge in [-0.25, -0.2) is 9.89 Å². The summed E-state index contributed by atoms with van der Waals surface area (Å²) < 4.78 is 4.88. The molecule has 0 saturated heterocycles. The first-order valence-electron chi connectivity index (χ1n) is 10.3. The number of nitrogens with zero attached hydrogens (tertiary/aromatic N) is 4. The molecular weight excluding hydrogens is 394 g/mol. The molecule has 2 aromatic carbocycles. The predicted octanol–water partition coefficient (Wildman–Crippen LogP) is 3.61. The molecule has 1 aromatic heterocycles. The van der Waals surface area contributed by atoms with Crippen LogP contribution in [-0.2, 0) is 20.9 Å². The Hall–Kier alpha value is -3.55. The summed E-state index contributed by atoms with van der Waals surface area (Å²) in [6.07, 6.45) is 2.06. The number of hydrogen-bond donors (Lipinski definition) is 1. The van der Waals surface area contributed by atoms with Gasteiger partial charge in [0.2, 0.25) is 5.91 Å². The molecule has 0 bridgehead atoms. The van der Waals surface area contributed by atoms with E-state index in [1.165, 1.54) is 7.11 Å². The van der Waals surface area contributed by atoms with Gasteiger partial charge in [-0.15, -0.1) is 5.10 Å². The minimum atomic E-state index is -0.682. The third-order valence-electron chi connectivity index (χ3n) is 5.20. The summed E-state index contributed by atoms with van der Waals surface area (Å²) in [4.78, 5) is 26.6. The lowest BCUT2D eigenvalue weighted by Crippen LogP contribution is -2.43. The summed E-state index contributed by atoms with van der Waals surface area (Å²) in [5, 5.41) is 14.3. The molecule has 0 saturated carbocycles. The topological polar surface area (TPSA) is 101 Å². The number of tetrazole rings is 1. The number of carbonyl (C=O) groups is 2. The maximum atomic E-state index is 12.8. The highest BCUT2D eigenvalue weighted by atomic mass is 16.5. The highest BCUT2D eigenvalue weighted by Gasteiger charge is 2.26. The third kappa shape index (κ3) is 5.33. The zero-order valence-corrected chi connectivity index (χ0v) is 18.0. The molecule has 0 spiro atoms. The number of rotatable bonds is 9. The Morgan fingerprint density at radius 1 is 1.13 bits per heavy atom. The minimum Gasteiger partial charge on any atom is -0.467 e. The molecule has 0 aliphatic heterocycles. The van der Waals surface area contributed by atoms with Crippen LogP contribution in [-0.4, -0.2) is 50.6 Å². The SMILES string of the molecule is CCCCC(=O)N(Cc1ccc(-c2ccccc2)c(-c2nnn[nH]2)c1)[C@@H](C)C(=O)OC. The smallest absolute Gasteiger partial charge is 0.328 e. The molecule has 3 aromatic rings. The van der Waals surface area contributed by atoms with Crippen LogP contribution in [0.1, 0.15) is 38.7 Å². The fourth-order valence-electron chi connectivity index (χ4n) is 3.44. The van der Waals surface area contributed by atoms with Gasteiger partial charge in [-0.3, -0.25) is 4.79 Å². The van der Waals surface area contributed by atoms with Crippen LogP contribution < -0.4 is 0 Å². The number of H-pyrrole nitrogens is 1. The van der Waals surface area contributed by atoms with Gasteiger partial charge in [0, 0.05) is 18.5 Å². The van der Waals surface area contributed by atoms with Gasteiger partial charge in [-0.05, 0) is 46.5 Å². The largest absolute Gasteiger partial charge is 0.467 e. The van der Waals surface area contributed by atoms with Crippen LogP contribution in [0.4, 0.5) is 0 Å². The molecule has 162 valence electrons. The van der Waals surface area contributed by atoms with Crippen molar-refractivity contribution in [2.75, 3.05) is 7.11 Å². The van der Waals surface area contributed by atoms with Crippen LogP contribution in [0.2, 0.25) is 0 Å². The summed E-state index contributed by atoms with van der Waals surface area (Å²) in [5.74, 6) is 0.0192. The number of esters is 1. The second-order valence-electron chi connectivity index (χ2n) is 7.32. The lowest BCUT2D eigenvalue weighted by atomic mass is 9.96. The fourth-order valence-corrected chi connectivity index (χ4v) is 3.44. The van der Waals surface area contributed by atoms with Gasteiger partial charge in [0.15, 0.2) is 5.82 Å². The minimum absolute atomic E-state index is 0.0743. The average Bonchev–Trinajstić information content (AvgIpc) is 3.35. The second-order valence-corrected chi connectivity index (χ2v) is 7.32. The molecule has 31 heavy (non-hydrogen) atoms. The van der Waals surface area contributed by atoms with Gasteiger partial charge < -0.3 is 9.64 Å². The van der Waals surface area contributed by atoms with Crippen molar-refractivity contribution in [1.82, 2.24) is 25.5 Å². The Balaban J connectivity index is 1.97. The maximum Gasteiger partial charge on any atom is 0.328 e. The van der Waals surface area contributed by atoms with Gasteiger partial charge in [0.25, 0.3) is 0 Å². The van der Waals surface area contributed by atoms with Crippen LogP contribution in [0.5, 0.6) is 0 Å². The fraction of sp³-hybridized carbons (Fsp3) is 0.348. The molecule has 1 N–H and O–H groups in total. The van der Waals surface area contributed by atoms with Crippen LogP contribution in [0.25, 0.3) is 22.5 Å². The number of benzene rings is 2. The van der Waals surface area contributed by atoms with Gasteiger partial charge in [-0.2, -0.15) is 0 Å². The van der Waals surface area contributed by atoms with Crippen LogP contribution in [0.15, 0.2) is 48.5 Å². The van der Waals surface area contributed by atoms with Crippen LogP contribution in [0, 0.1) is 0 Å². The van der Waals surface area contributed by atoms with E-state index in [2.05, 4.69) is 20.6 Å². The lowest BCUT2D eigenvalue weighted by molar-refractivity contribution is -0.152. The molecule has 1 atom stereocenters. The number of ether oxygens (including phenoxy) is 1. The highest BCUT2D eigenvalue weighted by Crippen LogP contribution is 2.31. The quantitative estimate of drug-likeness (QED) is 0.530. The molecule has 8 heteroatoms. The molecule has 0 unspecified atom stereocenters. The van der Waals surface area contributed by atoms with Gasteiger partial charge >= 0.3 is 5.97 Å². The lowest BCUT2D eigenvalue weighted by Gasteiger charge is -2.28. The van der Waals surface area contributed by atoms with Crippen molar-refractivity contribution in [3.8, 4) is 22.5 Å². The Labute approximate surface area is 181 Å². The van der Waals surface area contributed by atoms with Crippen molar-refractivity contribution >= 4 is 11.9 Å². The second kappa shape index (κ2) is 10.5. The van der Waals surface area contributed by atoms with E-state index < -0.39 is 12.0 Å². The number of methoxy groups -OCH3 is 1. The first-order valence-corrected chi connectivity index (χ1v) is 10.3. The Morgan fingerprint density at radius 3 is 2.55 bits per heavy atom. The number of hydrogen-bond acceptors (Lipinski definition) is 6. The number of carbonyl (C=O) groups excluding carboxylic acids is 2. The van der Waals surface area contributed by atoms with Crippen molar-refractivity contribution in [2.45, 2.75) is 45.7 Å². The van der Waals surface area contributed by atoms with E-state index in [1.54, 1.807) is 11.8 Å². The molecule has 1 heterocycles. The van der Waals surface area contributed by atoms with Crippen molar-refractivity contribution in [1.29, 1.82) is 0 Å². The predicted molar refractivity (Wildman–Crippen MR) is 117 cm³/mol. The third-order valence-corrected chi connectivity index (χ3v) is 5.20. The van der Waals surface area contributed by atoms with Gasteiger partial charge in [0.1, 0.15) is 6.04 Å². The standard InChI is InChI=1S/C23H27N5O3/c1-4-5-11-21(29)28(16(2)23(30)31-3)15-17-12-13-19(18-9-7-6-8-10-18)20(14-17)22-24-26-27-25-22/h6-10,12-14,16H,4-5,11,15H2,1-3H3,(H,24,25,26,27)/t16-/m0/s1. The molecule has 0 aliphatic carbocycles. The zero-order chi connectivity index (χ0) is 22.2. The molecular formula is C23H27N5O3. The molecule has 8 nitrogen and oxygen atoms in total. The summed E-state index contributed by atoms with van der Waals surface area (Å²) in [7, 11) is 1.33. The Morgan fingerprint density at radius 2 is 1.90 bits per heavy atom. The zero-order valence-electron chi connectivity index (χ0n) is 18.0. The maximum absolute atomic E-state index is 12.8. The average molecular weight is 422 g/mol. The Bertz CT molecular complexity index is 1010. The number of aromatic nitrogens is 4. The first-order chi connectivity index (χ1) is 15.0. The number of aromatic amines is 1. The summed E-state index contributed by atoms with van der Waals surface area (Å²) >= 11 is 0. The van der Waals surface area contributed by atoms with E-state index in [0.29, 0.717) is 12.2 Å². The van der Waals surface area contributed by atoms with E-state index in [1.807, 2.05) is 55.5 Å². The number of amides is 1. The van der Waals surface area contributed by atoms with Crippen molar-refractivity contribution in [3.63, 3.8) is 0 Å². The molecule has 0 fully saturated rings. The number of unbranched alkanes of at least 4 members (excludes halogenated alkanes) is 1. The molecule has 0 radical (unpaired) electrons. The van der Waals surface area contributed by atoms with E-state index in [4.69, 9.17) is 4.74 Å². The highest BCUT2D eigenvalue weighted by molar-refractivity contribution is 5.84. The summed E-state index contributed by atoms with van der Waals surface area (Å²) in [6.45, 7) is 4.00. The van der Waals surface area contributed by atoms with Crippen LogP contribution in [0.3, 0.4) is 0 Å². The van der Waals surface area contributed by atoms with Gasteiger partial charge in [0.05, 0.1) is 7.11 Å². The van der Waals surface area contributed by atoms with E-state index in [0.717, 1.165) is 35.1 Å². The number of nitrogens with one attached hydrogen (secondary N) is 1. The molecule has 0 aliphatic rings. The first kappa shape index (κ1) is 22.1. The van der Waals surface area contributed by atoms with Crippen molar-refractivity contribution < 1.29 is 14.3 Å². The van der Waals surface area contributed by atoms with Crippen LogP contribution >= 0.6 is 0 Å². The van der Waals surface area contributed by atoms with Crippen molar-refractivity contribution in [3.05, 3.63) is 54.1 Å². The summed E-state index contributed by atoms with van der Waals surface area (Å²) in [5.41, 5.74) is 3.68.